The first-order valence-electron chi connectivity index (χ1n) is 7.88. The van der Waals surface area contributed by atoms with E-state index in [4.69, 9.17) is 5.11 Å². The first-order valence-corrected chi connectivity index (χ1v) is 9.28. The molecule has 0 rings (SSSR count). The van der Waals surface area contributed by atoms with Gasteiger partial charge >= 0.3 is 5.97 Å². The highest BCUT2D eigenvalue weighted by Crippen LogP contribution is 2.05. The Morgan fingerprint density at radius 1 is 1.35 bits per heavy atom. The summed E-state index contributed by atoms with van der Waals surface area (Å²) < 4.78 is 0. The Bertz CT molecular complexity index is 446. The highest BCUT2D eigenvalue weighted by molar-refractivity contribution is 7.98. The number of nitriles is 1. The monoisotopic (exact) mass is 341 g/mol. The number of carboxylic acids is 1. The fraction of sp³-hybridized carbons (Fsp3) is 0.688. The van der Waals surface area contributed by atoms with Gasteiger partial charge in [-0.25, -0.2) is 4.79 Å². The summed E-state index contributed by atoms with van der Waals surface area (Å²) in [5.74, 6) is -1.08. The minimum atomic E-state index is -1.08. The summed E-state index contributed by atoms with van der Waals surface area (Å²) in [6.07, 6.45) is 6.65. The van der Waals surface area contributed by atoms with Crippen LogP contribution in [-0.2, 0) is 9.59 Å². The van der Waals surface area contributed by atoms with Crippen LogP contribution in [0.25, 0.3) is 0 Å². The molecule has 0 aliphatic rings. The first kappa shape index (κ1) is 21.3. The van der Waals surface area contributed by atoms with Gasteiger partial charge in [-0.15, -0.1) is 0 Å². The van der Waals surface area contributed by atoms with Crippen molar-refractivity contribution in [2.75, 3.05) is 25.1 Å². The summed E-state index contributed by atoms with van der Waals surface area (Å²) in [6, 6.07) is 0.906. The third kappa shape index (κ3) is 9.14. The largest absolute Gasteiger partial charge is 0.480 e. The molecule has 0 aliphatic heterocycles. The van der Waals surface area contributed by atoms with E-state index >= 15 is 0 Å². The van der Waals surface area contributed by atoms with Gasteiger partial charge in [-0.2, -0.15) is 17.0 Å². The van der Waals surface area contributed by atoms with Crippen LogP contribution in [-0.4, -0.2) is 53.0 Å². The lowest BCUT2D eigenvalue weighted by Gasteiger charge is -2.20. The molecule has 130 valence electrons. The maximum absolute atomic E-state index is 12.2. The molecule has 7 heteroatoms. The molecule has 0 aliphatic carbocycles. The molecule has 0 bridgehead atoms. The van der Waals surface area contributed by atoms with Gasteiger partial charge in [0, 0.05) is 19.3 Å². The number of carbonyl (C=O) groups is 2. The number of carboxylic acid groups (broad SMARTS) is 1. The van der Waals surface area contributed by atoms with Crippen LogP contribution < -0.4 is 5.32 Å². The lowest BCUT2D eigenvalue weighted by Crippen LogP contribution is -2.42. The van der Waals surface area contributed by atoms with Gasteiger partial charge in [0.2, 0.25) is 0 Å². The van der Waals surface area contributed by atoms with Crippen LogP contribution in [0.5, 0.6) is 0 Å². The SMILES string of the molecule is CCCCN(/C=C(/C#N)C(=O)NC(CCSC)C(=O)O)CCC. The zero-order valence-corrected chi connectivity index (χ0v) is 15.0. The van der Waals surface area contributed by atoms with E-state index in [2.05, 4.69) is 12.2 Å². The maximum atomic E-state index is 12.2. The van der Waals surface area contributed by atoms with E-state index < -0.39 is 17.9 Å². The number of nitrogens with one attached hydrogen (secondary N) is 1. The summed E-state index contributed by atoms with van der Waals surface area (Å²) in [4.78, 5) is 25.3. The molecule has 0 spiro atoms. The van der Waals surface area contributed by atoms with Crippen molar-refractivity contribution in [2.45, 2.75) is 45.6 Å². The summed E-state index contributed by atoms with van der Waals surface area (Å²) >= 11 is 1.51. The fourth-order valence-electron chi connectivity index (χ4n) is 1.94. The topological polar surface area (TPSA) is 93.4 Å². The molecular weight excluding hydrogens is 314 g/mol. The second kappa shape index (κ2) is 12.8. The third-order valence-electron chi connectivity index (χ3n) is 3.20. The van der Waals surface area contributed by atoms with Crippen molar-refractivity contribution in [2.24, 2.45) is 0 Å². The number of nitrogens with zero attached hydrogens (tertiary/aromatic N) is 2. The normalized spacial score (nSPS) is 12.3. The quantitative estimate of drug-likeness (QED) is 0.418. The van der Waals surface area contributed by atoms with Crippen LogP contribution in [0.3, 0.4) is 0 Å². The Kier molecular flexibility index (Phi) is 11.9. The predicted molar refractivity (Wildman–Crippen MR) is 93.0 cm³/mol. The van der Waals surface area contributed by atoms with E-state index in [1.54, 1.807) is 6.20 Å². The Hall–Kier alpha value is -1.68. The molecule has 0 saturated carbocycles. The van der Waals surface area contributed by atoms with Crippen LogP contribution in [0.1, 0.15) is 39.5 Å². The van der Waals surface area contributed by atoms with Gasteiger partial charge in [0.25, 0.3) is 5.91 Å². The summed E-state index contributed by atoms with van der Waals surface area (Å²) in [6.45, 7) is 5.64. The van der Waals surface area contributed by atoms with E-state index in [0.717, 1.165) is 32.4 Å². The molecular formula is C16H27N3O3S. The van der Waals surface area contributed by atoms with Crippen molar-refractivity contribution in [1.82, 2.24) is 10.2 Å². The Morgan fingerprint density at radius 2 is 2.04 bits per heavy atom. The van der Waals surface area contributed by atoms with Gasteiger partial charge in [0.15, 0.2) is 0 Å². The van der Waals surface area contributed by atoms with E-state index in [1.165, 1.54) is 11.8 Å². The molecule has 0 radical (unpaired) electrons. The van der Waals surface area contributed by atoms with Gasteiger partial charge in [-0.05, 0) is 31.3 Å². The predicted octanol–water partition coefficient (Wildman–Crippen LogP) is 2.23. The molecule has 0 saturated heterocycles. The Labute approximate surface area is 142 Å². The number of hydrogen-bond acceptors (Lipinski definition) is 5. The number of rotatable bonds is 12. The average Bonchev–Trinajstić information content (AvgIpc) is 2.53. The lowest BCUT2D eigenvalue weighted by atomic mass is 10.2. The minimum absolute atomic E-state index is 0.0510. The second-order valence-corrected chi connectivity index (χ2v) is 6.18. The van der Waals surface area contributed by atoms with Crippen molar-refractivity contribution >= 4 is 23.6 Å². The van der Waals surface area contributed by atoms with Crippen molar-refractivity contribution < 1.29 is 14.7 Å². The standard InChI is InChI=1S/C16H27N3O3S/c1-4-6-9-19(8-5-2)12-13(11-17)15(20)18-14(16(21)22)7-10-23-3/h12,14H,4-10H2,1-3H3,(H,18,20)(H,21,22)/b13-12-. The molecule has 6 nitrogen and oxygen atoms in total. The van der Waals surface area contributed by atoms with Gasteiger partial charge in [-0.1, -0.05) is 20.3 Å². The maximum Gasteiger partial charge on any atom is 0.326 e. The van der Waals surface area contributed by atoms with E-state index in [9.17, 15) is 14.9 Å². The van der Waals surface area contributed by atoms with Crippen molar-refractivity contribution in [3.8, 4) is 6.07 Å². The highest BCUT2D eigenvalue weighted by Gasteiger charge is 2.21. The van der Waals surface area contributed by atoms with E-state index in [1.807, 2.05) is 24.1 Å². The van der Waals surface area contributed by atoms with Gasteiger partial charge < -0.3 is 15.3 Å². The average molecular weight is 341 g/mol. The molecule has 1 unspecified atom stereocenters. The first-order chi connectivity index (χ1) is 11.0. The van der Waals surface area contributed by atoms with Gasteiger partial charge in [0.05, 0.1) is 0 Å². The third-order valence-corrected chi connectivity index (χ3v) is 3.84. The molecule has 1 atom stereocenters. The molecule has 23 heavy (non-hydrogen) atoms. The number of aliphatic carboxylic acids is 1. The molecule has 0 fully saturated rings. The summed E-state index contributed by atoms with van der Waals surface area (Å²) in [5.41, 5.74) is -0.0510. The molecule has 0 aromatic heterocycles. The summed E-state index contributed by atoms with van der Waals surface area (Å²) in [7, 11) is 0. The molecule has 0 aromatic carbocycles. The van der Waals surface area contributed by atoms with Crippen molar-refractivity contribution in [3.63, 3.8) is 0 Å². The Morgan fingerprint density at radius 3 is 2.52 bits per heavy atom. The zero-order chi connectivity index (χ0) is 17.7. The molecule has 0 heterocycles. The highest BCUT2D eigenvalue weighted by atomic mass is 32.2. The Balaban J connectivity index is 4.95. The van der Waals surface area contributed by atoms with E-state index in [0.29, 0.717) is 12.2 Å². The van der Waals surface area contributed by atoms with E-state index in [-0.39, 0.29) is 5.57 Å². The number of amides is 1. The molecule has 0 aromatic rings. The zero-order valence-electron chi connectivity index (χ0n) is 14.2. The smallest absolute Gasteiger partial charge is 0.326 e. The summed E-state index contributed by atoms with van der Waals surface area (Å²) in [5, 5.41) is 20.8. The van der Waals surface area contributed by atoms with Gasteiger partial charge in [0.1, 0.15) is 17.7 Å². The minimum Gasteiger partial charge on any atom is -0.480 e. The lowest BCUT2D eigenvalue weighted by molar-refractivity contribution is -0.141. The van der Waals surface area contributed by atoms with Crippen LogP contribution in [0.4, 0.5) is 0 Å². The van der Waals surface area contributed by atoms with Gasteiger partial charge in [-0.3, -0.25) is 4.79 Å². The van der Waals surface area contributed by atoms with Crippen LogP contribution in [0.15, 0.2) is 11.8 Å². The number of carbonyl (C=O) groups excluding carboxylic acids is 1. The van der Waals surface area contributed by atoms with Crippen molar-refractivity contribution in [3.05, 3.63) is 11.8 Å². The van der Waals surface area contributed by atoms with Crippen LogP contribution in [0.2, 0.25) is 0 Å². The molecule has 2 N–H and O–H groups in total. The van der Waals surface area contributed by atoms with Crippen LogP contribution >= 0.6 is 11.8 Å². The fourth-order valence-corrected chi connectivity index (χ4v) is 2.41. The number of unbranched alkanes of at least 4 members (excludes halogenated alkanes) is 1. The van der Waals surface area contributed by atoms with Crippen molar-refractivity contribution in [1.29, 1.82) is 5.26 Å². The molecule has 1 amide bonds. The number of thioether (sulfide) groups is 1. The number of hydrogen-bond donors (Lipinski definition) is 2. The second-order valence-electron chi connectivity index (χ2n) is 5.19. The van der Waals surface area contributed by atoms with Crippen LogP contribution in [0, 0.1) is 11.3 Å².